The fourth-order valence-electron chi connectivity index (χ4n) is 5.84. The molecule has 10 heteroatoms. The molecule has 50 heavy (non-hydrogen) atoms. The molecule has 0 aliphatic carbocycles. The highest BCUT2D eigenvalue weighted by Crippen LogP contribution is 2.52. The minimum Gasteiger partial charge on any atom is -0.462 e. The zero-order valence-electron chi connectivity index (χ0n) is 33.4. The first-order chi connectivity index (χ1) is 24.0. The molecular weight excluding hydrogens is 653 g/mol. The molecule has 0 fully saturated rings. The van der Waals surface area contributed by atoms with E-state index in [-0.39, 0.29) is 32.2 Å². The first kappa shape index (κ1) is 49.2. The van der Waals surface area contributed by atoms with Gasteiger partial charge in [0.05, 0.1) is 21.1 Å². The molecule has 0 aromatic rings. The number of quaternary nitrogens is 1. The lowest BCUT2D eigenvalue weighted by molar-refractivity contribution is -0.870. The predicted molar refractivity (Wildman–Crippen MR) is 208 cm³/mol. The maximum absolute atomic E-state index is 12.6. The number of likely N-dealkylation sites (N-methyl/N-ethyl adjacent to an activating group) is 1. The van der Waals surface area contributed by atoms with Gasteiger partial charge in [0.15, 0.2) is 6.10 Å². The highest BCUT2D eigenvalue weighted by molar-refractivity contribution is 7.54. The summed E-state index contributed by atoms with van der Waals surface area (Å²) in [7, 11) is 1.80. The minimum absolute atomic E-state index is 0.0991. The van der Waals surface area contributed by atoms with Crippen LogP contribution in [-0.4, -0.2) is 79.8 Å². The number of nitrogens with zero attached hydrogens (tertiary/aromatic N) is 1. The molecule has 0 saturated heterocycles. The molecule has 0 aromatic heterocycles. The lowest BCUT2D eigenvalue weighted by Gasteiger charge is -2.23. The highest BCUT2D eigenvalue weighted by atomic mass is 31.2. The fraction of sp³-hybridized carbons (Fsp3) is 0.950. The number of rotatable bonds is 38. The van der Waals surface area contributed by atoms with Gasteiger partial charge in [0.1, 0.15) is 26.4 Å². The van der Waals surface area contributed by atoms with Crippen LogP contribution in [-0.2, 0) is 28.1 Å². The molecule has 0 unspecified atom stereocenters. The van der Waals surface area contributed by atoms with Crippen molar-refractivity contribution >= 4 is 20.1 Å². The summed E-state index contributed by atoms with van der Waals surface area (Å²) in [5.74, 6) is -0.751. The second-order valence-electron chi connectivity index (χ2n) is 15.4. The maximum Gasteiger partial charge on any atom is 0.570 e. The number of carbonyl (C=O) groups excluding carboxylic acids is 2. The zero-order chi connectivity index (χ0) is 37.2. The van der Waals surface area contributed by atoms with Crippen molar-refractivity contribution < 1.29 is 42.4 Å². The molecule has 0 saturated carbocycles. The lowest BCUT2D eigenvalue weighted by atomic mass is 10.0. The number of carbonyl (C=O) groups is 2. The fourth-order valence-corrected chi connectivity index (χ4v) is 6.60. The Labute approximate surface area is 309 Å². The van der Waals surface area contributed by atoms with Crippen LogP contribution in [0.1, 0.15) is 194 Å². The zero-order valence-corrected chi connectivity index (χ0v) is 34.3. The van der Waals surface area contributed by atoms with Crippen molar-refractivity contribution in [3.63, 3.8) is 0 Å². The monoisotopic (exact) mass is 736 g/mol. The molecule has 0 spiro atoms. The van der Waals surface area contributed by atoms with Gasteiger partial charge in [0.2, 0.25) is 0 Å². The van der Waals surface area contributed by atoms with Gasteiger partial charge in [-0.2, -0.15) is 9.79 Å². The number of esters is 2. The summed E-state index contributed by atoms with van der Waals surface area (Å²) < 4.78 is 22.1. The van der Waals surface area contributed by atoms with Crippen molar-refractivity contribution in [3.05, 3.63) is 0 Å². The van der Waals surface area contributed by atoms with Gasteiger partial charge in [-0.15, -0.1) is 9.05 Å². The molecule has 0 aliphatic rings. The normalized spacial score (nSPS) is 12.7. The Balaban J connectivity index is 4.36. The third-order valence-electron chi connectivity index (χ3n) is 9.15. The van der Waals surface area contributed by atoms with Gasteiger partial charge in [0, 0.05) is 12.8 Å². The van der Waals surface area contributed by atoms with E-state index < -0.39 is 20.2 Å². The average Bonchev–Trinajstić information content (AvgIpc) is 3.06. The summed E-state index contributed by atoms with van der Waals surface area (Å²) >= 11 is 0. The van der Waals surface area contributed by atoms with Gasteiger partial charge >= 0.3 is 20.1 Å². The second kappa shape index (κ2) is 34.0. The quantitative estimate of drug-likeness (QED) is 0.0279. The van der Waals surface area contributed by atoms with Crippen LogP contribution in [0.2, 0.25) is 0 Å². The van der Waals surface area contributed by atoms with E-state index >= 15 is 0 Å². The maximum atomic E-state index is 12.6. The van der Waals surface area contributed by atoms with Gasteiger partial charge in [-0.3, -0.25) is 9.59 Å². The Hall–Kier alpha value is -0.830. The first-order valence-electron chi connectivity index (χ1n) is 20.8. The van der Waals surface area contributed by atoms with Crippen LogP contribution in [0.25, 0.3) is 0 Å². The van der Waals surface area contributed by atoms with E-state index in [1.165, 1.54) is 128 Å². The Bertz CT molecular complexity index is 777. The van der Waals surface area contributed by atoms with Crippen LogP contribution in [0.15, 0.2) is 0 Å². The lowest BCUT2D eigenvalue weighted by Crippen LogP contribution is -2.37. The second-order valence-corrected chi connectivity index (χ2v) is 16.9. The van der Waals surface area contributed by atoms with Crippen LogP contribution in [0.4, 0.5) is 0 Å². The number of hydrogen-bond donors (Lipinski definition) is 2. The summed E-state index contributed by atoms with van der Waals surface area (Å²) in [6.07, 6.45) is 31.6. The van der Waals surface area contributed by atoms with Crippen molar-refractivity contribution in [2.24, 2.45) is 0 Å². The molecule has 0 amide bonds. The Morgan fingerprint density at radius 3 is 1.26 bits per heavy atom. The van der Waals surface area contributed by atoms with Crippen molar-refractivity contribution in [1.82, 2.24) is 0 Å². The summed E-state index contributed by atoms with van der Waals surface area (Å²) in [4.78, 5) is 45.6. The van der Waals surface area contributed by atoms with Crippen molar-refractivity contribution in [3.8, 4) is 0 Å². The number of unbranched alkanes of at least 4 members (excludes halogenated alkanes) is 24. The summed E-state index contributed by atoms with van der Waals surface area (Å²) in [6, 6.07) is 0. The summed E-state index contributed by atoms with van der Waals surface area (Å²) in [6.45, 7) is 4.63. The van der Waals surface area contributed by atoms with E-state index in [9.17, 15) is 19.4 Å². The topological polar surface area (TPSA) is 112 Å². The molecule has 9 nitrogen and oxygen atoms in total. The predicted octanol–water partition coefficient (Wildman–Crippen LogP) is 10.8. The molecular formula is C40H82NO8P+2. The molecule has 0 aromatic carbocycles. The molecule has 298 valence electrons. The van der Waals surface area contributed by atoms with Gasteiger partial charge in [-0.05, 0) is 12.8 Å². The average molecular weight is 736 g/mol. The minimum atomic E-state index is -4.11. The SMILES string of the molecule is CCCCCCCCCCCCCCCC(=O)OC[C@H](CO[P+](O)(O)OCC[N+](C)(C)C)OC(=O)CCCCCCCCCCCCCCC. The summed E-state index contributed by atoms with van der Waals surface area (Å²) in [5.41, 5.74) is 0. The standard InChI is InChI=1S/C40H82NO8P/c1-6-8-10-12-14-16-18-20-22-24-26-28-30-32-39(42)46-36-38(37-48-50(44,45)47-35-34-41(3,4)5)49-40(43)33-31-29-27-25-23-21-19-17-15-13-11-9-7-2/h38,44-45H,6-37H2,1-5H3/q+2/t38-/m1/s1. The molecule has 0 rings (SSSR count). The van der Waals surface area contributed by atoms with E-state index in [4.69, 9.17) is 18.5 Å². The van der Waals surface area contributed by atoms with E-state index in [1.807, 2.05) is 21.1 Å². The van der Waals surface area contributed by atoms with E-state index in [2.05, 4.69) is 13.8 Å². The van der Waals surface area contributed by atoms with Crippen molar-refractivity contribution in [1.29, 1.82) is 0 Å². The molecule has 0 radical (unpaired) electrons. The third-order valence-corrected chi connectivity index (χ3v) is 10.2. The molecule has 0 aliphatic heterocycles. The highest BCUT2D eigenvalue weighted by Gasteiger charge is 2.41. The van der Waals surface area contributed by atoms with Crippen LogP contribution in [0.5, 0.6) is 0 Å². The number of hydrogen-bond acceptors (Lipinski definition) is 8. The van der Waals surface area contributed by atoms with Crippen molar-refractivity contribution in [2.75, 3.05) is 47.5 Å². The van der Waals surface area contributed by atoms with Crippen LogP contribution in [0.3, 0.4) is 0 Å². The van der Waals surface area contributed by atoms with Crippen LogP contribution in [0, 0.1) is 0 Å². The molecule has 2 N–H and O–H groups in total. The number of ether oxygens (including phenoxy) is 2. The Kier molecular flexibility index (Phi) is 33.4. The van der Waals surface area contributed by atoms with Crippen LogP contribution < -0.4 is 0 Å². The third kappa shape index (κ3) is 36.9. The van der Waals surface area contributed by atoms with E-state index in [1.54, 1.807) is 0 Å². The van der Waals surface area contributed by atoms with E-state index in [0.29, 0.717) is 17.4 Å². The molecule has 0 bridgehead atoms. The first-order valence-corrected chi connectivity index (χ1v) is 22.3. The molecule has 0 heterocycles. The van der Waals surface area contributed by atoms with Gasteiger partial charge in [-0.25, -0.2) is 0 Å². The summed E-state index contributed by atoms with van der Waals surface area (Å²) in [5, 5.41) is 0. The largest absolute Gasteiger partial charge is 0.570 e. The van der Waals surface area contributed by atoms with Crippen molar-refractivity contribution in [2.45, 2.75) is 200 Å². The Morgan fingerprint density at radius 2 is 0.880 bits per heavy atom. The van der Waals surface area contributed by atoms with Crippen LogP contribution >= 0.6 is 8.17 Å². The van der Waals surface area contributed by atoms with Gasteiger partial charge in [-0.1, -0.05) is 168 Å². The van der Waals surface area contributed by atoms with Gasteiger partial charge < -0.3 is 14.0 Å². The van der Waals surface area contributed by atoms with Gasteiger partial charge in [0.25, 0.3) is 0 Å². The smallest absolute Gasteiger partial charge is 0.462 e. The Morgan fingerprint density at radius 1 is 0.520 bits per heavy atom. The van der Waals surface area contributed by atoms with E-state index in [0.717, 1.165) is 38.5 Å². The molecule has 1 atom stereocenters.